The van der Waals surface area contributed by atoms with E-state index in [-0.39, 0.29) is 10.6 Å². The topological polar surface area (TPSA) is 101 Å². The van der Waals surface area contributed by atoms with Crippen LogP contribution < -0.4 is 0 Å². The Kier molecular flexibility index (Phi) is 3.46. The molecule has 86 valence electrons. The van der Waals surface area contributed by atoms with Gasteiger partial charge in [0, 0.05) is 6.07 Å². The molecule has 0 heterocycles. The summed E-state index contributed by atoms with van der Waals surface area (Å²) in [5, 5.41) is 28.7. The Morgan fingerprint density at radius 2 is 2.12 bits per heavy atom. The van der Waals surface area contributed by atoms with Gasteiger partial charge in [0.25, 0.3) is 5.69 Å². The number of hydrogen-bond acceptors (Lipinski definition) is 4. The highest BCUT2D eigenvalue weighted by molar-refractivity contribution is 6.31. The maximum Gasteiger partial charge on any atom is 0.337 e. The fourth-order valence-corrected chi connectivity index (χ4v) is 1.36. The molecule has 1 atom stereocenters. The van der Waals surface area contributed by atoms with Crippen LogP contribution in [0, 0.1) is 17.0 Å². The molecule has 0 radical (unpaired) electrons. The number of nitro benzene ring substituents is 1. The molecule has 0 saturated heterocycles. The Labute approximate surface area is 95.2 Å². The summed E-state index contributed by atoms with van der Waals surface area (Å²) in [5.41, 5.74) is -0.326. The number of benzene rings is 1. The van der Waals surface area contributed by atoms with Gasteiger partial charge in [-0.1, -0.05) is 11.6 Å². The first-order valence-corrected chi connectivity index (χ1v) is 4.57. The van der Waals surface area contributed by atoms with Crippen LogP contribution in [0.1, 0.15) is 17.2 Å². The number of hydrogen-bond donors (Lipinski definition) is 2. The molecule has 0 aromatic heterocycles. The summed E-state index contributed by atoms with van der Waals surface area (Å²) in [6, 6.07) is 2.22. The Morgan fingerprint density at radius 3 is 2.56 bits per heavy atom. The van der Waals surface area contributed by atoms with Gasteiger partial charge in [0.2, 0.25) is 0 Å². The van der Waals surface area contributed by atoms with E-state index in [1.165, 1.54) is 6.07 Å². The lowest BCUT2D eigenvalue weighted by Gasteiger charge is -2.08. The number of aryl methyl sites for hydroxylation is 1. The number of halogens is 1. The number of carboxylic acids is 1. The smallest absolute Gasteiger partial charge is 0.337 e. The van der Waals surface area contributed by atoms with E-state index in [1.54, 1.807) is 6.92 Å². The molecule has 0 aliphatic heterocycles. The number of rotatable bonds is 3. The fraction of sp³-hybridized carbons (Fsp3) is 0.222. The standard InChI is InChI=1S/C9H8ClNO5/c1-4-2-5(8(12)9(13)14)7(11(15)16)3-6(4)10/h2-3,8,12H,1H3,(H,13,14). The summed E-state index contributed by atoms with van der Waals surface area (Å²) in [7, 11) is 0. The molecule has 0 bridgehead atoms. The molecule has 7 heteroatoms. The van der Waals surface area contributed by atoms with Gasteiger partial charge in [0.1, 0.15) is 0 Å². The van der Waals surface area contributed by atoms with Crippen molar-refractivity contribution in [1.29, 1.82) is 0 Å². The van der Waals surface area contributed by atoms with Gasteiger partial charge in [0.05, 0.1) is 15.5 Å². The van der Waals surface area contributed by atoms with Gasteiger partial charge in [-0.05, 0) is 18.6 Å². The molecular formula is C9H8ClNO5. The van der Waals surface area contributed by atoms with Gasteiger partial charge in [-0.3, -0.25) is 10.1 Å². The summed E-state index contributed by atoms with van der Waals surface area (Å²) >= 11 is 5.68. The van der Waals surface area contributed by atoms with Crippen molar-refractivity contribution < 1.29 is 19.9 Å². The summed E-state index contributed by atoms with van der Waals surface area (Å²) < 4.78 is 0. The second-order valence-electron chi connectivity index (χ2n) is 3.16. The van der Waals surface area contributed by atoms with Crippen LogP contribution >= 0.6 is 11.6 Å². The van der Waals surface area contributed by atoms with Gasteiger partial charge in [-0.2, -0.15) is 0 Å². The average molecular weight is 246 g/mol. The molecule has 0 spiro atoms. The number of aliphatic hydroxyl groups excluding tert-OH is 1. The van der Waals surface area contributed by atoms with E-state index in [0.29, 0.717) is 5.56 Å². The van der Waals surface area contributed by atoms with E-state index in [2.05, 4.69) is 0 Å². The van der Waals surface area contributed by atoms with E-state index >= 15 is 0 Å². The number of carboxylic acid groups (broad SMARTS) is 1. The van der Waals surface area contributed by atoms with Crippen LogP contribution in [0.3, 0.4) is 0 Å². The van der Waals surface area contributed by atoms with Crippen LogP contribution in [-0.4, -0.2) is 21.1 Å². The molecule has 0 aliphatic rings. The molecule has 0 aliphatic carbocycles. The first-order chi connectivity index (χ1) is 7.34. The zero-order valence-electron chi connectivity index (χ0n) is 8.18. The maximum absolute atomic E-state index is 10.7. The number of aliphatic hydroxyl groups is 1. The normalized spacial score (nSPS) is 12.2. The van der Waals surface area contributed by atoms with E-state index in [0.717, 1.165) is 6.07 Å². The first-order valence-electron chi connectivity index (χ1n) is 4.20. The Hall–Kier alpha value is -1.66. The predicted molar refractivity (Wildman–Crippen MR) is 55.4 cm³/mol. The predicted octanol–water partition coefficient (Wildman–Crippen LogP) is 1.67. The molecule has 16 heavy (non-hydrogen) atoms. The van der Waals surface area contributed by atoms with Crippen molar-refractivity contribution in [3.8, 4) is 0 Å². The third-order valence-corrected chi connectivity index (χ3v) is 2.44. The minimum Gasteiger partial charge on any atom is -0.479 e. The lowest BCUT2D eigenvalue weighted by Crippen LogP contribution is -2.12. The minimum absolute atomic E-state index is 0.146. The van der Waals surface area contributed by atoms with E-state index < -0.39 is 22.7 Å². The molecule has 0 fully saturated rings. The molecule has 6 nitrogen and oxygen atoms in total. The largest absolute Gasteiger partial charge is 0.479 e. The van der Waals surface area contributed by atoms with Crippen molar-refractivity contribution in [3.05, 3.63) is 38.4 Å². The molecule has 1 aromatic carbocycles. The SMILES string of the molecule is Cc1cc(C(O)C(=O)O)c([N+](=O)[O-])cc1Cl. The molecule has 0 saturated carbocycles. The summed E-state index contributed by atoms with van der Waals surface area (Å²) in [5.74, 6) is -1.55. The van der Waals surface area contributed by atoms with Crippen molar-refractivity contribution >= 4 is 23.3 Å². The van der Waals surface area contributed by atoms with E-state index in [1.807, 2.05) is 0 Å². The zero-order valence-corrected chi connectivity index (χ0v) is 8.93. The lowest BCUT2D eigenvalue weighted by atomic mass is 10.0. The van der Waals surface area contributed by atoms with Gasteiger partial charge < -0.3 is 10.2 Å². The van der Waals surface area contributed by atoms with Gasteiger partial charge in [-0.15, -0.1) is 0 Å². The zero-order chi connectivity index (χ0) is 12.5. The second-order valence-corrected chi connectivity index (χ2v) is 3.57. The summed E-state index contributed by atoms with van der Waals surface area (Å²) in [6.45, 7) is 1.56. The third-order valence-electron chi connectivity index (χ3n) is 2.03. The highest BCUT2D eigenvalue weighted by Crippen LogP contribution is 2.31. The number of carbonyl (C=O) groups is 1. The maximum atomic E-state index is 10.7. The van der Waals surface area contributed by atoms with Crippen molar-refractivity contribution in [1.82, 2.24) is 0 Å². The van der Waals surface area contributed by atoms with Gasteiger partial charge >= 0.3 is 5.97 Å². The molecular weight excluding hydrogens is 238 g/mol. The monoisotopic (exact) mass is 245 g/mol. The molecule has 0 amide bonds. The summed E-state index contributed by atoms with van der Waals surface area (Å²) in [4.78, 5) is 20.4. The Bertz CT molecular complexity index is 459. The number of nitro groups is 1. The highest BCUT2D eigenvalue weighted by Gasteiger charge is 2.26. The minimum atomic E-state index is -1.93. The first kappa shape index (κ1) is 12.4. The number of nitrogens with zero attached hydrogens (tertiary/aromatic N) is 1. The molecule has 2 N–H and O–H groups in total. The van der Waals surface area contributed by atoms with Crippen LogP contribution in [0.15, 0.2) is 12.1 Å². The van der Waals surface area contributed by atoms with Crippen LogP contribution in [-0.2, 0) is 4.79 Å². The molecule has 1 rings (SSSR count). The van der Waals surface area contributed by atoms with Crippen LogP contribution in [0.2, 0.25) is 5.02 Å². The van der Waals surface area contributed by atoms with Crippen molar-refractivity contribution in [2.24, 2.45) is 0 Å². The van der Waals surface area contributed by atoms with Gasteiger partial charge in [0.15, 0.2) is 6.10 Å². The molecule has 1 unspecified atom stereocenters. The Balaban J connectivity index is 3.41. The number of aliphatic carboxylic acids is 1. The van der Waals surface area contributed by atoms with Crippen LogP contribution in [0.4, 0.5) is 5.69 Å². The van der Waals surface area contributed by atoms with E-state index in [9.17, 15) is 20.0 Å². The summed E-state index contributed by atoms with van der Waals surface area (Å²) in [6.07, 6.45) is -1.93. The third kappa shape index (κ3) is 2.29. The van der Waals surface area contributed by atoms with E-state index in [4.69, 9.17) is 16.7 Å². The average Bonchev–Trinajstić information content (AvgIpc) is 2.19. The highest BCUT2D eigenvalue weighted by atomic mass is 35.5. The van der Waals surface area contributed by atoms with Crippen molar-refractivity contribution in [2.75, 3.05) is 0 Å². The van der Waals surface area contributed by atoms with Crippen molar-refractivity contribution in [2.45, 2.75) is 13.0 Å². The van der Waals surface area contributed by atoms with Gasteiger partial charge in [-0.25, -0.2) is 4.79 Å². The second kappa shape index (κ2) is 4.46. The van der Waals surface area contributed by atoms with Crippen molar-refractivity contribution in [3.63, 3.8) is 0 Å². The molecule has 1 aromatic rings. The lowest BCUT2D eigenvalue weighted by molar-refractivity contribution is -0.386. The van der Waals surface area contributed by atoms with Crippen LogP contribution in [0.5, 0.6) is 0 Å². The Morgan fingerprint density at radius 1 is 1.56 bits per heavy atom. The van der Waals surface area contributed by atoms with Crippen LogP contribution in [0.25, 0.3) is 0 Å². The fourth-order valence-electron chi connectivity index (χ4n) is 1.20. The quantitative estimate of drug-likeness (QED) is 0.623.